The van der Waals surface area contributed by atoms with Gasteiger partial charge in [-0.25, -0.2) is 4.98 Å². The maximum atomic E-state index is 5.54. The molecule has 0 amide bonds. The van der Waals surface area contributed by atoms with Crippen molar-refractivity contribution in [3.05, 3.63) is 22.3 Å². The molecule has 1 rings (SSSR count). The summed E-state index contributed by atoms with van der Waals surface area (Å²) in [6.07, 6.45) is 1.87. The number of hydrogen-bond acceptors (Lipinski definition) is 3. The van der Waals surface area contributed by atoms with E-state index in [4.69, 9.17) is 5.73 Å². The van der Waals surface area contributed by atoms with Gasteiger partial charge in [0.2, 0.25) is 0 Å². The number of pyridine rings is 1. The molecular weight excluding hydrogens is 242 g/mol. The number of nitrogens with two attached hydrogens (primary N) is 1. The zero-order valence-corrected chi connectivity index (χ0v) is 10.2. The van der Waals surface area contributed by atoms with Crippen LogP contribution < -0.4 is 10.6 Å². The Morgan fingerprint density at radius 3 is 2.79 bits per heavy atom. The van der Waals surface area contributed by atoms with Crippen LogP contribution in [0, 0.1) is 6.92 Å². The molecule has 0 aliphatic heterocycles. The average Bonchev–Trinajstić information content (AvgIpc) is 2.15. The van der Waals surface area contributed by atoms with Gasteiger partial charge in [-0.2, -0.15) is 0 Å². The van der Waals surface area contributed by atoms with Crippen molar-refractivity contribution in [2.45, 2.75) is 13.8 Å². The number of nitrogens with zero attached hydrogens (tertiary/aromatic N) is 2. The van der Waals surface area contributed by atoms with Crippen LogP contribution in [-0.4, -0.2) is 24.6 Å². The van der Waals surface area contributed by atoms with Gasteiger partial charge in [0.05, 0.1) is 4.47 Å². The third-order valence-electron chi connectivity index (χ3n) is 2.04. The maximum absolute atomic E-state index is 5.54. The van der Waals surface area contributed by atoms with Gasteiger partial charge >= 0.3 is 0 Å². The van der Waals surface area contributed by atoms with E-state index in [1.165, 1.54) is 0 Å². The first-order chi connectivity index (χ1) is 6.69. The highest BCUT2D eigenvalue weighted by Gasteiger charge is 2.08. The lowest BCUT2D eigenvalue weighted by Gasteiger charge is -2.22. The average molecular weight is 258 g/mol. The molecule has 14 heavy (non-hydrogen) atoms. The fraction of sp³-hybridized carbons (Fsp3) is 0.500. The molecule has 1 aromatic rings. The second-order valence-electron chi connectivity index (χ2n) is 3.19. The molecule has 0 atom stereocenters. The highest BCUT2D eigenvalue weighted by Crippen LogP contribution is 2.23. The Bertz CT molecular complexity index is 301. The molecule has 2 N–H and O–H groups in total. The summed E-state index contributed by atoms with van der Waals surface area (Å²) in [5.74, 6) is 0.976. The second kappa shape index (κ2) is 5.32. The summed E-state index contributed by atoms with van der Waals surface area (Å²) in [4.78, 5) is 6.55. The first kappa shape index (κ1) is 11.5. The number of aromatic nitrogens is 1. The van der Waals surface area contributed by atoms with Gasteiger partial charge in [-0.1, -0.05) is 0 Å². The van der Waals surface area contributed by atoms with Crippen LogP contribution in [0.15, 0.2) is 16.7 Å². The number of rotatable bonds is 4. The van der Waals surface area contributed by atoms with Gasteiger partial charge in [0.25, 0.3) is 0 Å². The first-order valence-electron chi connectivity index (χ1n) is 4.76. The van der Waals surface area contributed by atoms with E-state index in [-0.39, 0.29) is 0 Å². The summed E-state index contributed by atoms with van der Waals surface area (Å²) < 4.78 is 1.04. The Hall–Kier alpha value is -0.610. The van der Waals surface area contributed by atoms with Crippen LogP contribution in [0.1, 0.15) is 12.5 Å². The van der Waals surface area contributed by atoms with Crippen molar-refractivity contribution in [3.63, 3.8) is 0 Å². The lowest BCUT2D eigenvalue weighted by Crippen LogP contribution is -2.30. The molecule has 1 heterocycles. The molecule has 0 saturated heterocycles. The van der Waals surface area contributed by atoms with E-state index in [9.17, 15) is 0 Å². The monoisotopic (exact) mass is 257 g/mol. The Kier molecular flexibility index (Phi) is 4.35. The van der Waals surface area contributed by atoms with Gasteiger partial charge in [0.15, 0.2) is 0 Å². The summed E-state index contributed by atoms with van der Waals surface area (Å²) in [6.45, 7) is 6.54. The van der Waals surface area contributed by atoms with Gasteiger partial charge < -0.3 is 10.6 Å². The molecule has 0 bridgehead atoms. The number of likely N-dealkylation sites (N-methyl/N-ethyl adjacent to an activating group) is 1. The standard InChI is InChI=1S/C10H16BrN3/c1-3-14(5-4-12)10-9(11)6-8(2)7-13-10/h6-7H,3-5,12H2,1-2H3. The molecule has 0 aliphatic rings. The molecule has 0 radical (unpaired) electrons. The predicted molar refractivity (Wildman–Crippen MR) is 63.6 cm³/mol. The van der Waals surface area contributed by atoms with Crippen LogP contribution in [0.25, 0.3) is 0 Å². The topological polar surface area (TPSA) is 42.1 Å². The lowest BCUT2D eigenvalue weighted by atomic mass is 10.3. The van der Waals surface area contributed by atoms with Gasteiger partial charge in [-0.15, -0.1) is 0 Å². The van der Waals surface area contributed by atoms with Crippen molar-refractivity contribution in [2.24, 2.45) is 5.73 Å². The van der Waals surface area contributed by atoms with Crippen molar-refractivity contribution in [1.82, 2.24) is 4.98 Å². The van der Waals surface area contributed by atoms with E-state index in [1.807, 2.05) is 13.1 Å². The van der Waals surface area contributed by atoms with Crippen molar-refractivity contribution in [2.75, 3.05) is 24.5 Å². The third-order valence-corrected chi connectivity index (χ3v) is 2.62. The number of anilines is 1. The van der Waals surface area contributed by atoms with Gasteiger partial charge in [-0.05, 0) is 41.4 Å². The van der Waals surface area contributed by atoms with Gasteiger partial charge in [-0.3, -0.25) is 0 Å². The largest absolute Gasteiger partial charge is 0.355 e. The minimum atomic E-state index is 0.649. The smallest absolute Gasteiger partial charge is 0.142 e. The van der Waals surface area contributed by atoms with E-state index in [1.54, 1.807) is 0 Å². The van der Waals surface area contributed by atoms with Crippen LogP contribution in [0.5, 0.6) is 0 Å². The SMILES string of the molecule is CCN(CCN)c1ncc(C)cc1Br. The molecule has 78 valence electrons. The molecule has 0 unspecified atom stereocenters. The summed E-state index contributed by atoms with van der Waals surface area (Å²) in [5, 5.41) is 0. The van der Waals surface area contributed by atoms with Gasteiger partial charge in [0, 0.05) is 25.8 Å². The van der Waals surface area contributed by atoms with Crippen LogP contribution >= 0.6 is 15.9 Å². The Morgan fingerprint density at radius 1 is 1.57 bits per heavy atom. The molecule has 0 spiro atoms. The van der Waals surface area contributed by atoms with E-state index < -0.39 is 0 Å². The Labute approximate surface area is 93.4 Å². The van der Waals surface area contributed by atoms with Crippen molar-refractivity contribution in [3.8, 4) is 0 Å². The molecule has 0 saturated carbocycles. The molecule has 1 aromatic heterocycles. The fourth-order valence-corrected chi connectivity index (χ4v) is 2.04. The summed E-state index contributed by atoms with van der Waals surface area (Å²) >= 11 is 3.51. The van der Waals surface area contributed by atoms with E-state index in [2.05, 4.69) is 38.8 Å². The zero-order chi connectivity index (χ0) is 10.6. The highest BCUT2D eigenvalue weighted by atomic mass is 79.9. The summed E-state index contributed by atoms with van der Waals surface area (Å²) in [5.41, 5.74) is 6.69. The predicted octanol–water partition coefficient (Wildman–Crippen LogP) is 1.94. The van der Waals surface area contributed by atoms with Crippen LogP contribution in [0.4, 0.5) is 5.82 Å². The Morgan fingerprint density at radius 2 is 2.29 bits per heavy atom. The molecule has 4 heteroatoms. The minimum Gasteiger partial charge on any atom is -0.355 e. The minimum absolute atomic E-state index is 0.649. The molecule has 0 aromatic carbocycles. The van der Waals surface area contributed by atoms with Crippen LogP contribution in [-0.2, 0) is 0 Å². The number of halogens is 1. The quantitative estimate of drug-likeness (QED) is 0.897. The molecular formula is C10H16BrN3. The second-order valence-corrected chi connectivity index (χ2v) is 4.04. The fourth-order valence-electron chi connectivity index (χ4n) is 1.33. The molecule has 3 nitrogen and oxygen atoms in total. The Balaban J connectivity index is 2.92. The summed E-state index contributed by atoms with van der Waals surface area (Å²) in [6, 6.07) is 2.07. The van der Waals surface area contributed by atoms with E-state index in [0.717, 1.165) is 28.9 Å². The van der Waals surface area contributed by atoms with Crippen molar-refractivity contribution >= 4 is 21.7 Å². The summed E-state index contributed by atoms with van der Waals surface area (Å²) in [7, 11) is 0. The third kappa shape index (κ3) is 2.69. The van der Waals surface area contributed by atoms with Crippen molar-refractivity contribution < 1.29 is 0 Å². The normalized spacial score (nSPS) is 10.3. The maximum Gasteiger partial charge on any atom is 0.142 e. The number of aryl methyl sites for hydroxylation is 1. The van der Waals surface area contributed by atoms with E-state index in [0.29, 0.717) is 6.54 Å². The van der Waals surface area contributed by atoms with Crippen LogP contribution in [0.2, 0.25) is 0 Å². The number of hydrogen-bond donors (Lipinski definition) is 1. The molecule has 0 aliphatic carbocycles. The zero-order valence-electron chi connectivity index (χ0n) is 8.63. The molecule has 0 fully saturated rings. The lowest BCUT2D eigenvalue weighted by molar-refractivity contribution is 0.799. The first-order valence-corrected chi connectivity index (χ1v) is 5.55. The van der Waals surface area contributed by atoms with E-state index >= 15 is 0 Å². The highest BCUT2D eigenvalue weighted by molar-refractivity contribution is 9.10. The van der Waals surface area contributed by atoms with Crippen LogP contribution in [0.3, 0.4) is 0 Å². The van der Waals surface area contributed by atoms with Gasteiger partial charge in [0.1, 0.15) is 5.82 Å². The van der Waals surface area contributed by atoms with Crippen molar-refractivity contribution in [1.29, 1.82) is 0 Å².